The molecule has 1 atom stereocenters. The molecule has 0 aromatic carbocycles. The summed E-state index contributed by atoms with van der Waals surface area (Å²) < 4.78 is 27.0. The van der Waals surface area contributed by atoms with Crippen LogP contribution in [0.25, 0.3) is 0 Å². The number of anilines is 1. The quantitative estimate of drug-likeness (QED) is 0.768. The lowest BCUT2D eigenvalue weighted by atomic mass is 10.3. The van der Waals surface area contributed by atoms with Gasteiger partial charge in [0.15, 0.2) is 0 Å². The van der Waals surface area contributed by atoms with Crippen molar-refractivity contribution in [3.63, 3.8) is 0 Å². The van der Waals surface area contributed by atoms with Gasteiger partial charge in [-0.2, -0.15) is 11.8 Å². The van der Waals surface area contributed by atoms with Gasteiger partial charge in [-0.3, -0.25) is 4.98 Å². The highest BCUT2D eigenvalue weighted by atomic mass is 32.2. The Hall–Kier alpha value is -0.790. The summed E-state index contributed by atoms with van der Waals surface area (Å²) in [6.07, 6.45) is 5.77. The lowest BCUT2D eigenvalue weighted by Crippen LogP contribution is -2.27. The summed E-state index contributed by atoms with van der Waals surface area (Å²) in [6.45, 7) is 5.10. The average molecular weight is 303 g/mol. The fourth-order valence-electron chi connectivity index (χ4n) is 1.52. The molecule has 0 saturated heterocycles. The van der Waals surface area contributed by atoms with Crippen LogP contribution < -0.4 is 10.0 Å². The molecule has 1 rings (SSSR count). The molecule has 1 unspecified atom stereocenters. The molecule has 0 spiro atoms. The number of aromatic nitrogens is 1. The number of hydrogen-bond donors (Lipinski definition) is 2. The first-order chi connectivity index (χ1) is 9.01. The number of thioether (sulfide) groups is 1. The van der Waals surface area contributed by atoms with Crippen LogP contribution in [-0.4, -0.2) is 38.0 Å². The van der Waals surface area contributed by atoms with Gasteiger partial charge in [0.05, 0.1) is 5.69 Å². The topological polar surface area (TPSA) is 71.1 Å². The Labute approximate surface area is 119 Å². The van der Waals surface area contributed by atoms with Crippen molar-refractivity contribution in [3.05, 3.63) is 18.5 Å². The van der Waals surface area contributed by atoms with Crippen molar-refractivity contribution in [2.45, 2.75) is 30.4 Å². The molecule has 0 aliphatic heterocycles. The van der Waals surface area contributed by atoms with E-state index in [0.717, 1.165) is 6.42 Å². The Kier molecular flexibility index (Phi) is 6.60. The minimum Gasteiger partial charge on any atom is -0.384 e. The van der Waals surface area contributed by atoms with Crippen LogP contribution in [0.2, 0.25) is 0 Å². The van der Waals surface area contributed by atoms with Gasteiger partial charge in [0.2, 0.25) is 10.0 Å². The van der Waals surface area contributed by atoms with Crippen LogP contribution in [0.15, 0.2) is 23.4 Å². The summed E-state index contributed by atoms with van der Waals surface area (Å²) in [6, 6.07) is 1.67. The smallest absolute Gasteiger partial charge is 0.244 e. The summed E-state index contributed by atoms with van der Waals surface area (Å²) in [4.78, 5) is 4.09. The molecule has 0 aliphatic rings. The first-order valence-electron chi connectivity index (χ1n) is 6.21. The lowest BCUT2D eigenvalue weighted by Gasteiger charge is -2.13. The van der Waals surface area contributed by atoms with E-state index >= 15 is 0 Å². The summed E-state index contributed by atoms with van der Waals surface area (Å²) in [7, 11) is -3.50. The third kappa shape index (κ3) is 5.00. The Bertz CT molecular complexity index is 492. The van der Waals surface area contributed by atoms with Crippen molar-refractivity contribution in [2.24, 2.45) is 0 Å². The predicted octanol–water partition coefficient (Wildman–Crippen LogP) is 1.93. The average Bonchev–Trinajstić information content (AvgIpc) is 2.39. The van der Waals surface area contributed by atoms with Crippen LogP contribution in [0.4, 0.5) is 5.69 Å². The number of nitrogens with one attached hydrogen (secondary N) is 2. The van der Waals surface area contributed by atoms with Crippen LogP contribution in [0, 0.1) is 0 Å². The van der Waals surface area contributed by atoms with Crippen LogP contribution >= 0.6 is 11.8 Å². The van der Waals surface area contributed by atoms with Gasteiger partial charge in [-0.05, 0) is 25.7 Å². The zero-order chi connectivity index (χ0) is 14.3. The molecule has 108 valence electrons. The Morgan fingerprint density at radius 2 is 2.21 bits per heavy atom. The number of nitrogens with zero attached hydrogens (tertiary/aromatic N) is 1. The zero-order valence-electron chi connectivity index (χ0n) is 11.5. The Balaban J connectivity index is 2.77. The first-order valence-corrected chi connectivity index (χ1v) is 8.98. The van der Waals surface area contributed by atoms with Crippen LogP contribution in [0.1, 0.15) is 20.3 Å². The van der Waals surface area contributed by atoms with Gasteiger partial charge in [-0.15, -0.1) is 0 Å². The number of hydrogen-bond acceptors (Lipinski definition) is 5. The van der Waals surface area contributed by atoms with Gasteiger partial charge in [0, 0.05) is 30.7 Å². The fourth-order valence-corrected chi connectivity index (χ4v) is 3.05. The molecule has 2 N–H and O–H groups in total. The van der Waals surface area contributed by atoms with E-state index in [9.17, 15) is 8.42 Å². The van der Waals surface area contributed by atoms with Crippen LogP contribution in [0.5, 0.6) is 0 Å². The maximum atomic E-state index is 12.2. The highest BCUT2D eigenvalue weighted by Gasteiger charge is 2.18. The lowest BCUT2D eigenvalue weighted by molar-refractivity contribution is 0.579. The van der Waals surface area contributed by atoms with Crippen molar-refractivity contribution >= 4 is 27.5 Å². The van der Waals surface area contributed by atoms with Gasteiger partial charge in [0.1, 0.15) is 4.90 Å². The van der Waals surface area contributed by atoms with E-state index < -0.39 is 10.0 Å². The minimum atomic E-state index is -3.50. The van der Waals surface area contributed by atoms with Gasteiger partial charge in [-0.25, -0.2) is 13.1 Å². The van der Waals surface area contributed by atoms with Crippen LogP contribution in [-0.2, 0) is 10.0 Å². The SMILES string of the molecule is CCNc1ccncc1S(=O)(=O)NCCC(C)SC. The third-order valence-corrected chi connectivity index (χ3v) is 5.22. The van der Waals surface area contributed by atoms with E-state index in [1.807, 2.05) is 13.2 Å². The van der Waals surface area contributed by atoms with E-state index in [1.165, 1.54) is 6.20 Å². The molecular weight excluding hydrogens is 282 g/mol. The Morgan fingerprint density at radius 1 is 1.47 bits per heavy atom. The molecule has 19 heavy (non-hydrogen) atoms. The van der Waals surface area contributed by atoms with Crippen molar-refractivity contribution in [1.29, 1.82) is 0 Å². The molecule has 0 amide bonds. The van der Waals surface area contributed by atoms with Gasteiger partial charge < -0.3 is 5.32 Å². The predicted molar refractivity (Wildman–Crippen MR) is 81.2 cm³/mol. The van der Waals surface area contributed by atoms with E-state index in [1.54, 1.807) is 24.0 Å². The van der Waals surface area contributed by atoms with E-state index in [4.69, 9.17) is 0 Å². The molecule has 0 saturated carbocycles. The second kappa shape index (κ2) is 7.72. The molecule has 0 bridgehead atoms. The third-order valence-electron chi connectivity index (χ3n) is 2.69. The van der Waals surface area contributed by atoms with E-state index in [-0.39, 0.29) is 4.90 Å². The zero-order valence-corrected chi connectivity index (χ0v) is 13.1. The number of sulfonamides is 1. The largest absolute Gasteiger partial charge is 0.384 e. The first kappa shape index (κ1) is 16.3. The summed E-state index contributed by atoms with van der Waals surface area (Å²) in [5.41, 5.74) is 0.586. The molecule has 1 heterocycles. The molecule has 0 fully saturated rings. The van der Waals surface area contributed by atoms with Crippen LogP contribution in [0.3, 0.4) is 0 Å². The van der Waals surface area contributed by atoms with Crippen molar-refractivity contribution in [3.8, 4) is 0 Å². The molecule has 7 heteroatoms. The van der Waals surface area contributed by atoms with Gasteiger partial charge in [0.25, 0.3) is 0 Å². The highest BCUT2D eigenvalue weighted by molar-refractivity contribution is 7.99. The molecule has 1 aromatic rings. The molecule has 0 aliphatic carbocycles. The fraction of sp³-hybridized carbons (Fsp3) is 0.583. The summed E-state index contributed by atoms with van der Waals surface area (Å²) in [5, 5.41) is 3.46. The van der Waals surface area contributed by atoms with Crippen molar-refractivity contribution in [1.82, 2.24) is 9.71 Å². The van der Waals surface area contributed by atoms with Gasteiger partial charge >= 0.3 is 0 Å². The summed E-state index contributed by atoms with van der Waals surface area (Å²) in [5.74, 6) is 0. The van der Waals surface area contributed by atoms with Crippen molar-refractivity contribution < 1.29 is 8.42 Å². The number of pyridine rings is 1. The second-order valence-corrected chi connectivity index (χ2v) is 7.15. The van der Waals surface area contributed by atoms with Crippen molar-refractivity contribution in [2.75, 3.05) is 24.7 Å². The maximum Gasteiger partial charge on any atom is 0.244 e. The standard InChI is InChI=1S/C12H21N3O2S2/c1-4-14-11-6-7-13-9-12(11)19(16,17)15-8-5-10(2)18-3/h6-7,9-10,15H,4-5,8H2,1-3H3,(H,13,14). The number of rotatable bonds is 8. The maximum absolute atomic E-state index is 12.2. The molecule has 0 radical (unpaired) electrons. The molecule has 5 nitrogen and oxygen atoms in total. The van der Waals surface area contributed by atoms with E-state index in [0.29, 0.717) is 24.0 Å². The monoisotopic (exact) mass is 303 g/mol. The normalized spacial score (nSPS) is 13.2. The molecule has 1 aromatic heterocycles. The van der Waals surface area contributed by atoms with Gasteiger partial charge in [-0.1, -0.05) is 6.92 Å². The summed E-state index contributed by atoms with van der Waals surface area (Å²) >= 11 is 1.72. The minimum absolute atomic E-state index is 0.202. The second-order valence-electron chi connectivity index (χ2n) is 4.13. The van der Waals surface area contributed by atoms with E-state index in [2.05, 4.69) is 21.9 Å². The Morgan fingerprint density at radius 3 is 2.84 bits per heavy atom. The molecular formula is C12H21N3O2S2. The highest BCUT2D eigenvalue weighted by Crippen LogP contribution is 2.19.